The molecular weight excluding hydrogens is 655 g/mol. The van der Waals surface area contributed by atoms with Crippen molar-refractivity contribution >= 4 is 17.4 Å². The third-order valence-electron chi connectivity index (χ3n) is 18.5. The summed E-state index contributed by atoms with van der Waals surface area (Å²) in [6, 6.07) is 8.74. The highest BCUT2D eigenvalue weighted by Crippen LogP contribution is 2.77. The monoisotopic (exact) mass is 724 g/mol. The third kappa shape index (κ3) is 5.59. The summed E-state index contributed by atoms with van der Waals surface area (Å²) in [5, 5.41) is 13.4. The van der Waals surface area contributed by atoms with Gasteiger partial charge in [-0.2, -0.15) is 0 Å². The van der Waals surface area contributed by atoms with Gasteiger partial charge in [0.05, 0.1) is 5.56 Å². The average Bonchev–Trinajstić information content (AvgIpc) is 3.57. The van der Waals surface area contributed by atoms with Crippen LogP contribution in [0, 0.1) is 56.7 Å². The summed E-state index contributed by atoms with van der Waals surface area (Å²) in [6.07, 6.45) is 17.1. The van der Waals surface area contributed by atoms with Crippen LogP contribution in [0.15, 0.2) is 42.5 Å². The average molecular weight is 724 g/mol. The fourth-order valence-corrected chi connectivity index (χ4v) is 15.5. The van der Waals surface area contributed by atoms with Crippen LogP contribution in [0.4, 0.5) is 0 Å². The Labute approximate surface area is 320 Å². The molecule has 6 fully saturated rings. The minimum absolute atomic E-state index is 0.0199. The van der Waals surface area contributed by atoms with Crippen molar-refractivity contribution in [2.24, 2.45) is 56.7 Å². The largest absolute Gasteiger partial charge is 0.478 e. The van der Waals surface area contributed by atoms with Gasteiger partial charge >= 0.3 is 5.97 Å². The topological polar surface area (TPSA) is 72.9 Å². The molecule has 11 unspecified atom stereocenters. The van der Waals surface area contributed by atoms with Gasteiger partial charge in [-0.1, -0.05) is 65.0 Å². The zero-order chi connectivity index (χ0) is 37.7. The number of rotatable bonds is 8. The fourth-order valence-electron chi connectivity index (χ4n) is 15.5. The van der Waals surface area contributed by atoms with Crippen molar-refractivity contribution in [1.82, 2.24) is 15.1 Å². The summed E-state index contributed by atoms with van der Waals surface area (Å²) in [4.78, 5) is 29.6. The van der Waals surface area contributed by atoms with E-state index in [0.717, 1.165) is 32.6 Å². The summed E-state index contributed by atoms with van der Waals surface area (Å²) in [5.74, 6) is 2.74. The van der Waals surface area contributed by atoms with E-state index in [2.05, 4.69) is 76.4 Å². The molecule has 8 rings (SSSR count). The van der Waals surface area contributed by atoms with E-state index in [1.165, 1.54) is 80.9 Å². The first-order valence-electron chi connectivity index (χ1n) is 21.5. The number of likely N-dealkylation sites (tertiary alicyclic amines) is 1. The number of aromatic carboxylic acids is 1. The smallest absolute Gasteiger partial charge is 0.335 e. The number of carboxylic acid groups (broad SMARTS) is 1. The van der Waals surface area contributed by atoms with Crippen molar-refractivity contribution in [3.63, 3.8) is 0 Å². The number of fused-ring (bicyclic) bond motifs is 9. The number of hydrogen-bond donors (Lipinski definition) is 2. The standard InChI is InChI=1S/C47H69N3O3/c1-30(2)35-17-23-47(29-48-26-20-40(51)50-27-33-13-14-34(28-50)49(33)8)25-24-45(6)37(41(35)47)15-16-39-44(5)21-18-36(31-9-11-32(12-10-31)42(52)53)43(3,4)38(44)19-22-46(39,45)7/h9-12,18,33-35,37-39,41,48H,1,13-17,19-29H2,2-8H3,(H,52,53). The molecule has 6 nitrogen and oxygen atoms in total. The Balaban J connectivity index is 1.00. The second-order valence-electron chi connectivity index (χ2n) is 20.8. The molecule has 11 atom stereocenters. The number of nitrogens with one attached hydrogen (secondary N) is 1. The maximum Gasteiger partial charge on any atom is 0.335 e. The molecular formula is C47H69N3O3. The molecule has 4 saturated carbocycles. The Morgan fingerprint density at radius 3 is 2.23 bits per heavy atom. The Hall–Kier alpha value is -2.44. The van der Waals surface area contributed by atoms with Crippen LogP contribution >= 0.6 is 0 Å². The van der Waals surface area contributed by atoms with Crippen LogP contribution in [-0.2, 0) is 4.79 Å². The van der Waals surface area contributed by atoms with E-state index >= 15 is 0 Å². The van der Waals surface area contributed by atoms with Crippen molar-refractivity contribution in [2.75, 3.05) is 33.2 Å². The lowest BCUT2D eigenvalue weighted by Crippen LogP contribution is -2.65. The number of allylic oxidation sites excluding steroid dienone is 3. The quantitative estimate of drug-likeness (QED) is 0.207. The molecule has 6 heteroatoms. The Bertz CT molecular complexity index is 1650. The van der Waals surface area contributed by atoms with Crippen LogP contribution in [0.2, 0.25) is 0 Å². The molecule has 0 aromatic heterocycles. The molecule has 7 aliphatic rings. The van der Waals surface area contributed by atoms with Gasteiger partial charge in [0.1, 0.15) is 0 Å². The molecule has 2 aliphatic heterocycles. The number of benzene rings is 1. The van der Waals surface area contributed by atoms with Crippen LogP contribution in [-0.4, -0.2) is 72.1 Å². The Kier molecular flexibility index (Phi) is 9.24. The highest BCUT2D eigenvalue weighted by molar-refractivity contribution is 5.88. The predicted octanol–water partition coefficient (Wildman–Crippen LogP) is 9.32. The number of carbonyl (C=O) groups is 2. The second kappa shape index (κ2) is 13.1. The van der Waals surface area contributed by atoms with Gasteiger partial charge < -0.3 is 15.3 Å². The van der Waals surface area contributed by atoms with Crippen LogP contribution in [0.5, 0.6) is 0 Å². The zero-order valence-electron chi connectivity index (χ0n) is 34.1. The summed E-state index contributed by atoms with van der Waals surface area (Å²) in [5.41, 5.74) is 5.50. The normalized spacial score (nSPS) is 42.9. The van der Waals surface area contributed by atoms with Crippen LogP contribution in [0.1, 0.15) is 135 Å². The summed E-state index contributed by atoms with van der Waals surface area (Å²) in [6.45, 7) is 23.7. The van der Waals surface area contributed by atoms with E-state index < -0.39 is 5.97 Å². The van der Waals surface area contributed by atoms with E-state index in [-0.39, 0.29) is 10.8 Å². The molecule has 1 aromatic carbocycles. The van der Waals surface area contributed by atoms with Crippen LogP contribution in [0.25, 0.3) is 5.57 Å². The number of piperazine rings is 1. The van der Waals surface area contributed by atoms with E-state index in [1.54, 1.807) is 12.1 Å². The molecule has 1 amide bonds. The maximum atomic E-state index is 13.4. The van der Waals surface area contributed by atoms with E-state index in [1.807, 2.05) is 12.1 Å². The second-order valence-corrected chi connectivity index (χ2v) is 20.8. The minimum Gasteiger partial charge on any atom is -0.478 e. The predicted molar refractivity (Wildman–Crippen MR) is 214 cm³/mol. The molecule has 2 N–H and O–H groups in total. The van der Waals surface area contributed by atoms with Gasteiger partial charge in [0, 0.05) is 44.7 Å². The molecule has 5 aliphatic carbocycles. The lowest BCUT2D eigenvalue weighted by molar-refractivity contribution is -0.225. The molecule has 53 heavy (non-hydrogen) atoms. The lowest BCUT2D eigenvalue weighted by atomic mass is 9.32. The van der Waals surface area contributed by atoms with Gasteiger partial charge in [-0.05, 0) is 165 Å². The highest BCUT2D eigenvalue weighted by atomic mass is 16.4. The molecule has 2 bridgehead atoms. The van der Waals surface area contributed by atoms with Gasteiger partial charge in [-0.15, -0.1) is 0 Å². The van der Waals surface area contributed by atoms with Crippen molar-refractivity contribution in [2.45, 2.75) is 131 Å². The highest BCUT2D eigenvalue weighted by Gasteiger charge is 2.70. The number of hydrogen-bond acceptors (Lipinski definition) is 4. The maximum absolute atomic E-state index is 13.4. The van der Waals surface area contributed by atoms with E-state index in [4.69, 9.17) is 0 Å². The Morgan fingerprint density at radius 1 is 0.868 bits per heavy atom. The van der Waals surface area contributed by atoms with Crippen molar-refractivity contribution in [3.8, 4) is 0 Å². The summed E-state index contributed by atoms with van der Waals surface area (Å²) in [7, 11) is 2.24. The molecule has 1 aromatic rings. The van der Waals surface area contributed by atoms with Gasteiger partial charge in [0.2, 0.25) is 5.91 Å². The number of carboxylic acids is 1. The molecule has 0 spiro atoms. The van der Waals surface area contributed by atoms with E-state index in [0.29, 0.717) is 75.8 Å². The minimum atomic E-state index is -0.862. The van der Waals surface area contributed by atoms with E-state index in [9.17, 15) is 14.7 Å². The molecule has 290 valence electrons. The summed E-state index contributed by atoms with van der Waals surface area (Å²) < 4.78 is 0. The zero-order valence-corrected chi connectivity index (χ0v) is 34.1. The first-order chi connectivity index (χ1) is 25.1. The number of amides is 1. The SMILES string of the molecule is C=C(C)C1CCC2(CNCCC(=O)N3CC4CCC(C3)N4C)CCC3(C)C(CCC4C5(C)CC=C(c6ccc(C(=O)O)cc6)C(C)(C)C5CCC43C)C12. The van der Waals surface area contributed by atoms with Crippen molar-refractivity contribution in [1.29, 1.82) is 0 Å². The number of carbonyl (C=O) groups excluding carboxylic acids is 1. The fraction of sp³-hybridized carbons (Fsp3) is 0.745. The van der Waals surface area contributed by atoms with Crippen molar-refractivity contribution in [3.05, 3.63) is 53.6 Å². The first-order valence-corrected chi connectivity index (χ1v) is 21.5. The van der Waals surface area contributed by atoms with Gasteiger partial charge in [-0.3, -0.25) is 9.69 Å². The Morgan fingerprint density at radius 2 is 1.57 bits per heavy atom. The number of nitrogens with zero attached hydrogens (tertiary/aromatic N) is 2. The van der Waals surface area contributed by atoms with Crippen LogP contribution < -0.4 is 5.32 Å². The van der Waals surface area contributed by atoms with Gasteiger partial charge in [0.15, 0.2) is 0 Å². The van der Waals surface area contributed by atoms with Crippen molar-refractivity contribution < 1.29 is 14.7 Å². The molecule has 0 radical (unpaired) electrons. The first kappa shape index (κ1) is 37.5. The van der Waals surface area contributed by atoms with Gasteiger partial charge in [-0.25, -0.2) is 4.79 Å². The summed E-state index contributed by atoms with van der Waals surface area (Å²) >= 11 is 0. The number of likely N-dealkylation sites (N-methyl/N-ethyl adjacent to an activating group) is 1. The molecule has 2 heterocycles. The van der Waals surface area contributed by atoms with Crippen LogP contribution in [0.3, 0.4) is 0 Å². The lowest BCUT2D eigenvalue weighted by Gasteiger charge is -2.72. The van der Waals surface area contributed by atoms with Gasteiger partial charge in [0.25, 0.3) is 0 Å². The molecule has 2 saturated heterocycles. The third-order valence-corrected chi connectivity index (χ3v) is 18.5.